The molecule has 0 atom stereocenters. The smallest absolute Gasteiger partial charge is 0.127 e. The van der Waals surface area contributed by atoms with Crippen LogP contribution in [0.25, 0.3) is 9.81 Å². The fourth-order valence-electron chi connectivity index (χ4n) is 2.74. The first-order valence-corrected chi connectivity index (χ1v) is 11.4. The van der Waals surface area contributed by atoms with Gasteiger partial charge >= 0.3 is 0 Å². The van der Waals surface area contributed by atoms with Crippen molar-refractivity contribution in [2.24, 2.45) is 11.8 Å². The van der Waals surface area contributed by atoms with Gasteiger partial charge in [-0.3, -0.25) is 0 Å². The molecule has 0 aromatic heterocycles. The highest BCUT2D eigenvalue weighted by molar-refractivity contribution is 7.96. The number of thiol groups is 2. The van der Waals surface area contributed by atoms with Crippen LogP contribution in [0.4, 0.5) is 0 Å². The van der Waals surface area contributed by atoms with E-state index in [9.17, 15) is 0 Å². The molecule has 0 saturated heterocycles. The zero-order chi connectivity index (χ0) is 22.1. The predicted molar refractivity (Wildman–Crippen MR) is 134 cm³/mol. The molecule has 0 radical (unpaired) electrons. The molecule has 5 heteroatoms. The van der Waals surface area contributed by atoms with Crippen molar-refractivity contribution in [2.75, 3.05) is 20.3 Å². The summed E-state index contributed by atoms with van der Waals surface area (Å²) in [6.45, 7) is 10.1. The van der Waals surface area contributed by atoms with Crippen molar-refractivity contribution >= 4 is 35.1 Å². The monoisotopic (exact) mass is 446 g/mol. The first kappa shape index (κ1) is 24.5. The molecule has 0 unspecified atom stereocenters. The van der Waals surface area contributed by atoms with Crippen molar-refractivity contribution in [3.63, 3.8) is 0 Å². The van der Waals surface area contributed by atoms with Crippen LogP contribution in [0.5, 0.6) is 17.2 Å². The molecular weight excluding hydrogens is 412 g/mol. The van der Waals surface area contributed by atoms with Crippen LogP contribution < -0.4 is 14.2 Å². The molecule has 0 N–H and O–H groups in total. The van der Waals surface area contributed by atoms with E-state index in [-0.39, 0.29) is 0 Å². The van der Waals surface area contributed by atoms with Gasteiger partial charge < -0.3 is 14.2 Å². The summed E-state index contributed by atoms with van der Waals surface area (Å²) in [5, 5.41) is 0. The summed E-state index contributed by atoms with van der Waals surface area (Å²) in [6.07, 6.45) is 2.00. The van der Waals surface area contributed by atoms with Crippen LogP contribution in [0.3, 0.4) is 0 Å². The van der Waals surface area contributed by atoms with Crippen LogP contribution in [0.1, 0.15) is 51.7 Å². The standard InChI is InChI=1S/C25H34O3S2/c1-17(2)12-14-27-21-10-11-23(28-15-13-18(3)4)22(16-21)25(30)24(29)19-6-8-20(26-5)9-7-19/h6-11,16-18,29-30H,12-15H2,1-5H3. The summed E-state index contributed by atoms with van der Waals surface area (Å²) >= 11 is 9.57. The van der Waals surface area contributed by atoms with E-state index in [4.69, 9.17) is 39.5 Å². The Hall–Kier alpha value is -1.72. The summed E-state index contributed by atoms with van der Waals surface area (Å²) in [6, 6.07) is 13.7. The number of methoxy groups -OCH3 is 1. The molecule has 164 valence electrons. The van der Waals surface area contributed by atoms with Crippen LogP contribution in [0, 0.1) is 11.8 Å². The fraction of sp³-hybridized carbons (Fsp3) is 0.440. The Morgan fingerprint density at radius 3 is 1.90 bits per heavy atom. The summed E-state index contributed by atoms with van der Waals surface area (Å²) in [7, 11) is 1.65. The second-order valence-electron chi connectivity index (χ2n) is 8.15. The molecule has 0 fully saturated rings. The Morgan fingerprint density at radius 2 is 1.33 bits per heavy atom. The molecule has 30 heavy (non-hydrogen) atoms. The third-order valence-electron chi connectivity index (χ3n) is 4.71. The minimum absolute atomic E-state index is 0.581. The average Bonchev–Trinajstić information content (AvgIpc) is 2.73. The maximum absolute atomic E-state index is 6.10. The molecule has 2 rings (SSSR count). The lowest BCUT2D eigenvalue weighted by Gasteiger charge is -2.16. The lowest BCUT2D eigenvalue weighted by atomic mass is 10.1. The van der Waals surface area contributed by atoms with Gasteiger partial charge in [-0.15, -0.1) is 25.3 Å². The fourth-order valence-corrected chi connectivity index (χ4v) is 3.31. The first-order chi connectivity index (χ1) is 14.3. The van der Waals surface area contributed by atoms with Crippen LogP contribution in [0.2, 0.25) is 0 Å². The highest BCUT2D eigenvalue weighted by Gasteiger charge is 2.14. The van der Waals surface area contributed by atoms with Crippen molar-refractivity contribution in [1.82, 2.24) is 0 Å². The Labute approximate surface area is 192 Å². The summed E-state index contributed by atoms with van der Waals surface area (Å²) in [5.74, 6) is 3.58. The van der Waals surface area contributed by atoms with Crippen molar-refractivity contribution in [3.8, 4) is 17.2 Å². The topological polar surface area (TPSA) is 27.7 Å². The zero-order valence-corrected chi connectivity index (χ0v) is 20.4. The number of benzene rings is 2. The van der Waals surface area contributed by atoms with Crippen LogP contribution in [-0.2, 0) is 0 Å². The SMILES string of the molecule is COc1ccc(C(S)=C(S)c2cc(OCCC(C)C)ccc2OCCC(C)C)cc1. The third kappa shape index (κ3) is 7.51. The molecule has 2 aromatic carbocycles. The van der Waals surface area contributed by atoms with E-state index in [1.165, 1.54) is 0 Å². The van der Waals surface area contributed by atoms with Crippen LogP contribution in [-0.4, -0.2) is 20.3 Å². The molecule has 3 nitrogen and oxygen atoms in total. The minimum Gasteiger partial charge on any atom is -0.497 e. The predicted octanol–water partition coefficient (Wildman–Crippen LogP) is 7.23. The molecule has 0 aliphatic heterocycles. The number of hydrogen-bond donors (Lipinski definition) is 2. The van der Waals surface area contributed by atoms with Crippen LogP contribution in [0.15, 0.2) is 42.5 Å². The average molecular weight is 447 g/mol. The van der Waals surface area contributed by atoms with Crippen molar-refractivity contribution in [1.29, 1.82) is 0 Å². The number of rotatable bonds is 11. The Kier molecular flexibility index (Phi) is 9.99. The van der Waals surface area contributed by atoms with Gasteiger partial charge in [0, 0.05) is 15.4 Å². The van der Waals surface area contributed by atoms with Gasteiger partial charge in [0.2, 0.25) is 0 Å². The van der Waals surface area contributed by atoms with E-state index in [1.54, 1.807) is 7.11 Å². The Morgan fingerprint density at radius 1 is 0.767 bits per heavy atom. The van der Waals surface area contributed by atoms with Gasteiger partial charge in [-0.05, 0) is 60.6 Å². The molecular formula is C25H34O3S2. The Bertz CT molecular complexity index is 827. The highest BCUT2D eigenvalue weighted by atomic mass is 32.1. The minimum atomic E-state index is 0.581. The van der Waals surface area contributed by atoms with Crippen LogP contribution >= 0.6 is 25.3 Å². The van der Waals surface area contributed by atoms with Crippen molar-refractivity contribution in [2.45, 2.75) is 40.5 Å². The van der Waals surface area contributed by atoms with E-state index in [0.717, 1.165) is 51.0 Å². The quantitative estimate of drug-likeness (QED) is 0.282. The van der Waals surface area contributed by atoms with Crippen molar-refractivity contribution in [3.05, 3.63) is 53.6 Å². The van der Waals surface area contributed by atoms with Gasteiger partial charge in [0.05, 0.1) is 20.3 Å². The lowest BCUT2D eigenvalue weighted by Crippen LogP contribution is -2.04. The third-order valence-corrected chi connectivity index (χ3v) is 5.83. The van der Waals surface area contributed by atoms with Gasteiger partial charge in [-0.2, -0.15) is 0 Å². The second-order valence-corrected chi connectivity index (χ2v) is 9.04. The zero-order valence-electron chi connectivity index (χ0n) is 18.6. The first-order valence-electron chi connectivity index (χ1n) is 10.5. The Balaban J connectivity index is 2.34. The molecule has 0 saturated carbocycles. The van der Waals surface area contributed by atoms with E-state index < -0.39 is 0 Å². The second kappa shape index (κ2) is 12.2. The molecule has 0 spiro atoms. The van der Waals surface area contributed by atoms with Gasteiger partial charge in [0.15, 0.2) is 0 Å². The number of hydrogen-bond acceptors (Lipinski definition) is 5. The molecule has 2 aromatic rings. The highest BCUT2D eigenvalue weighted by Crippen LogP contribution is 2.39. The van der Waals surface area contributed by atoms with E-state index in [0.29, 0.717) is 25.0 Å². The molecule has 0 aliphatic rings. The number of ether oxygens (including phenoxy) is 3. The van der Waals surface area contributed by atoms with Gasteiger partial charge in [-0.25, -0.2) is 0 Å². The van der Waals surface area contributed by atoms with Crippen molar-refractivity contribution < 1.29 is 14.2 Å². The maximum atomic E-state index is 6.10. The van der Waals surface area contributed by atoms with E-state index in [1.807, 2.05) is 42.5 Å². The lowest BCUT2D eigenvalue weighted by molar-refractivity contribution is 0.281. The maximum Gasteiger partial charge on any atom is 0.127 e. The normalized spacial score (nSPS) is 12.2. The van der Waals surface area contributed by atoms with Gasteiger partial charge in [-0.1, -0.05) is 39.8 Å². The summed E-state index contributed by atoms with van der Waals surface area (Å²) in [4.78, 5) is 1.52. The van der Waals surface area contributed by atoms with E-state index >= 15 is 0 Å². The largest absolute Gasteiger partial charge is 0.497 e. The van der Waals surface area contributed by atoms with Gasteiger partial charge in [0.25, 0.3) is 0 Å². The molecule has 0 amide bonds. The molecule has 0 aliphatic carbocycles. The summed E-state index contributed by atoms with van der Waals surface area (Å²) < 4.78 is 17.3. The van der Waals surface area contributed by atoms with Gasteiger partial charge in [0.1, 0.15) is 17.2 Å². The van der Waals surface area contributed by atoms with E-state index in [2.05, 4.69) is 27.7 Å². The summed E-state index contributed by atoms with van der Waals surface area (Å²) in [5.41, 5.74) is 1.84. The molecule has 0 bridgehead atoms. The molecule has 0 heterocycles.